The van der Waals surface area contributed by atoms with Crippen LogP contribution in [0.5, 0.6) is 0 Å². The predicted octanol–water partition coefficient (Wildman–Crippen LogP) is -0.133. The fraction of sp³-hybridized carbons (Fsp3) is 0.571. The van der Waals surface area contributed by atoms with E-state index in [-0.39, 0.29) is 24.0 Å². The maximum atomic E-state index is 10.8. The Kier molecular flexibility index (Phi) is 5.34. The Morgan fingerprint density at radius 2 is 2.05 bits per heavy atom. The maximum Gasteiger partial charge on any atom is 0.264 e. The summed E-state index contributed by atoms with van der Waals surface area (Å²) in [6, 6.07) is 10.6. The van der Waals surface area contributed by atoms with E-state index in [1.165, 1.54) is 5.56 Å². The van der Waals surface area contributed by atoms with Crippen LogP contribution in [0.25, 0.3) is 0 Å². The molecule has 0 spiro atoms. The second-order valence-corrected chi connectivity index (χ2v) is 7.19. The zero-order chi connectivity index (χ0) is 15.5. The van der Waals surface area contributed by atoms with Gasteiger partial charge in [-0.05, 0) is 18.9 Å². The molecular formula is C14H24N3O3S+. The quantitative estimate of drug-likeness (QED) is 0.658. The molecule has 7 heteroatoms. The minimum absolute atomic E-state index is 0.0892. The molecule has 0 aromatic heterocycles. The van der Waals surface area contributed by atoms with Gasteiger partial charge in [0.2, 0.25) is 0 Å². The molecule has 3 atom stereocenters. The molecule has 21 heavy (non-hydrogen) atoms. The highest BCUT2D eigenvalue weighted by Crippen LogP contribution is 2.20. The molecule has 0 amide bonds. The number of nitrogens with one attached hydrogen (secondary N) is 1. The zero-order valence-corrected chi connectivity index (χ0v) is 13.1. The van der Waals surface area contributed by atoms with Crippen molar-refractivity contribution in [2.75, 3.05) is 18.8 Å². The topological polar surface area (TPSA) is 97.3 Å². The van der Waals surface area contributed by atoms with Crippen LogP contribution in [0.1, 0.15) is 24.9 Å². The number of benzene rings is 1. The zero-order valence-electron chi connectivity index (χ0n) is 12.3. The summed E-state index contributed by atoms with van der Waals surface area (Å²) in [6.45, 7) is 3.49. The summed E-state index contributed by atoms with van der Waals surface area (Å²) in [7, 11) is -3.88. The summed E-state index contributed by atoms with van der Waals surface area (Å²) in [5.74, 6) is -0.200. The highest BCUT2D eigenvalue weighted by Gasteiger charge is 2.33. The third-order valence-electron chi connectivity index (χ3n) is 3.98. The minimum atomic E-state index is -3.88. The Morgan fingerprint density at radius 3 is 2.67 bits per heavy atom. The third-order valence-corrected chi connectivity index (χ3v) is 4.78. The van der Waals surface area contributed by atoms with E-state index < -0.39 is 10.1 Å². The fourth-order valence-electron chi connectivity index (χ4n) is 2.76. The number of hydrogen-bond donors (Lipinski definition) is 3. The molecule has 1 aliphatic heterocycles. The van der Waals surface area contributed by atoms with Crippen LogP contribution >= 0.6 is 0 Å². The van der Waals surface area contributed by atoms with Gasteiger partial charge >= 0.3 is 0 Å². The summed E-state index contributed by atoms with van der Waals surface area (Å²) < 4.78 is 30.4. The lowest BCUT2D eigenvalue weighted by atomic mass is 10.0. The van der Waals surface area contributed by atoms with E-state index in [4.69, 9.17) is 4.55 Å². The Balaban J connectivity index is 1.99. The van der Waals surface area contributed by atoms with Crippen LogP contribution in [-0.2, 0) is 10.1 Å². The largest absolute Gasteiger partial charge is 0.341 e. The molecule has 118 valence electrons. The van der Waals surface area contributed by atoms with Crippen LogP contribution in [-0.4, -0.2) is 48.9 Å². The molecule has 1 fully saturated rings. The summed E-state index contributed by atoms with van der Waals surface area (Å²) in [6.07, 6.45) is 0.505. The smallest absolute Gasteiger partial charge is 0.264 e. The number of nitrogens with zero attached hydrogens (tertiary/aromatic N) is 1. The molecule has 0 aliphatic carbocycles. The second kappa shape index (κ2) is 6.85. The van der Waals surface area contributed by atoms with Crippen molar-refractivity contribution in [3.63, 3.8) is 0 Å². The van der Waals surface area contributed by atoms with Gasteiger partial charge in [-0.25, -0.2) is 0 Å². The molecule has 3 unspecified atom stereocenters. The molecule has 1 aromatic rings. The van der Waals surface area contributed by atoms with Crippen molar-refractivity contribution in [1.29, 1.82) is 0 Å². The number of rotatable bonds is 5. The first-order valence-electron chi connectivity index (χ1n) is 7.20. The van der Waals surface area contributed by atoms with Crippen molar-refractivity contribution < 1.29 is 18.7 Å². The van der Waals surface area contributed by atoms with E-state index in [0.29, 0.717) is 13.0 Å². The Hall–Kier alpha value is -0.990. The SMILES string of the molecule is CC1NC(c2ccccc2)CN(CCCS(=O)(=O)O)C1[NH3+]. The standard InChI is InChI=1S/C14H23N3O3S/c1-11-14(15)17(8-5-9-21(18,19)20)10-13(16-11)12-6-3-2-4-7-12/h2-4,6-7,11,13-14,16H,5,8-10,15H2,1H3,(H,18,19,20)/p+1. The molecule has 1 heterocycles. The first kappa shape index (κ1) is 16.4. The fourth-order valence-corrected chi connectivity index (χ4v) is 3.26. The van der Waals surface area contributed by atoms with Crippen molar-refractivity contribution >= 4 is 10.1 Å². The van der Waals surface area contributed by atoms with Crippen LogP contribution in [0.2, 0.25) is 0 Å². The Labute approximate surface area is 126 Å². The van der Waals surface area contributed by atoms with Crippen LogP contribution in [0.3, 0.4) is 0 Å². The van der Waals surface area contributed by atoms with Crippen molar-refractivity contribution in [3.05, 3.63) is 35.9 Å². The number of quaternary nitrogens is 1. The van der Waals surface area contributed by atoms with Gasteiger partial charge in [-0.3, -0.25) is 14.8 Å². The van der Waals surface area contributed by atoms with E-state index in [9.17, 15) is 8.42 Å². The van der Waals surface area contributed by atoms with Crippen LogP contribution in [0.15, 0.2) is 30.3 Å². The first-order chi connectivity index (χ1) is 9.87. The molecule has 0 saturated carbocycles. The second-order valence-electron chi connectivity index (χ2n) is 5.62. The average molecular weight is 314 g/mol. The monoisotopic (exact) mass is 314 g/mol. The van der Waals surface area contributed by atoms with Gasteiger partial charge in [-0.2, -0.15) is 8.42 Å². The summed E-state index contributed by atoms with van der Waals surface area (Å²) in [5.41, 5.74) is 5.37. The van der Waals surface area contributed by atoms with E-state index >= 15 is 0 Å². The third kappa shape index (κ3) is 4.76. The molecule has 6 nitrogen and oxygen atoms in total. The molecule has 0 bridgehead atoms. The highest BCUT2D eigenvalue weighted by atomic mass is 32.2. The normalized spacial score (nSPS) is 27.7. The minimum Gasteiger partial charge on any atom is -0.341 e. The van der Waals surface area contributed by atoms with Gasteiger partial charge in [0.25, 0.3) is 10.1 Å². The Morgan fingerprint density at radius 1 is 1.38 bits per heavy atom. The molecule has 0 radical (unpaired) electrons. The number of hydrogen-bond acceptors (Lipinski definition) is 4. The lowest BCUT2D eigenvalue weighted by Crippen LogP contribution is -2.78. The number of piperazine rings is 1. The summed E-state index contributed by atoms with van der Waals surface area (Å²) >= 11 is 0. The Bertz CT molecular complexity index is 550. The van der Waals surface area contributed by atoms with E-state index in [0.717, 1.165) is 6.54 Å². The van der Waals surface area contributed by atoms with E-state index in [1.807, 2.05) is 18.2 Å². The molecule has 5 N–H and O–H groups in total. The summed E-state index contributed by atoms with van der Waals surface area (Å²) in [5, 5.41) is 3.55. The van der Waals surface area contributed by atoms with Crippen molar-refractivity contribution in [2.24, 2.45) is 0 Å². The van der Waals surface area contributed by atoms with Gasteiger partial charge in [-0.1, -0.05) is 30.3 Å². The molecule has 1 aromatic carbocycles. The van der Waals surface area contributed by atoms with Gasteiger partial charge in [0.05, 0.1) is 11.8 Å². The van der Waals surface area contributed by atoms with E-state index in [2.05, 4.69) is 35.0 Å². The molecule has 1 saturated heterocycles. The lowest BCUT2D eigenvalue weighted by molar-refractivity contribution is -0.469. The lowest BCUT2D eigenvalue weighted by Gasteiger charge is -2.40. The molecular weight excluding hydrogens is 290 g/mol. The van der Waals surface area contributed by atoms with Crippen molar-refractivity contribution in [2.45, 2.75) is 31.6 Å². The summed E-state index contributed by atoms with van der Waals surface area (Å²) in [4.78, 5) is 2.18. The molecule has 1 aliphatic rings. The predicted molar refractivity (Wildman–Crippen MR) is 81.1 cm³/mol. The maximum absolute atomic E-state index is 10.8. The first-order valence-corrected chi connectivity index (χ1v) is 8.81. The van der Waals surface area contributed by atoms with Gasteiger partial charge in [-0.15, -0.1) is 0 Å². The highest BCUT2D eigenvalue weighted by molar-refractivity contribution is 7.85. The van der Waals surface area contributed by atoms with E-state index in [1.54, 1.807) is 0 Å². The van der Waals surface area contributed by atoms with Crippen molar-refractivity contribution in [1.82, 2.24) is 10.2 Å². The van der Waals surface area contributed by atoms with Gasteiger partial charge < -0.3 is 5.73 Å². The van der Waals surface area contributed by atoms with Gasteiger partial charge in [0.1, 0.15) is 0 Å². The van der Waals surface area contributed by atoms with Gasteiger partial charge in [0.15, 0.2) is 6.17 Å². The van der Waals surface area contributed by atoms with Crippen LogP contribution in [0, 0.1) is 0 Å². The van der Waals surface area contributed by atoms with Crippen molar-refractivity contribution in [3.8, 4) is 0 Å². The van der Waals surface area contributed by atoms with Crippen LogP contribution in [0.4, 0.5) is 0 Å². The van der Waals surface area contributed by atoms with Gasteiger partial charge in [0, 0.05) is 19.1 Å². The molecule has 2 rings (SSSR count). The average Bonchev–Trinajstić information content (AvgIpc) is 2.43. The van der Waals surface area contributed by atoms with Crippen LogP contribution < -0.4 is 11.1 Å².